The Morgan fingerprint density at radius 1 is 1.37 bits per heavy atom. The van der Waals surface area contributed by atoms with E-state index >= 15 is 0 Å². The molecule has 1 saturated heterocycles. The molecule has 1 fully saturated rings. The van der Waals surface area contributed by atoms with E-state index in [9.17, 15) is 20.2 Å². The molecule has 1 aromatic heterocycles. The third kappa shape index (κ3) is 4.17. The molecular weight excluding hydrogens is 390 g/mol. The standard InChI is InChI=1S/C20H25N5O5/c1-3-20(9-10-26)16(29-12-14-7-5-4-6-8-14)15(23-24-21)18(30-20)25-11-13(2)17(27)22-19(25)28/h4-8,11,15-16,18,26H,3,9-10,12H2,1-2H3,(H,22,27,28)/t15-,16?,18+,20-/m0/s1. The highest BCUT2D eigenvalue weighted by Crippen LogP contribution is 2.44. The molecule has 4 atom stereocenters. The fourth-order valence-electron chi connectivity index (χ4n) is 3.87. The molecule has 0 spiro atoms. The topological polar surface area (TPSA) is 142 Å². The maximum atomic E-state index is 12.5. The first-order valence-electron chi connectivity index (χ1n) is 9.76. The average molecular weight is 415 g/mol. The molecule has 1 unspecified atom stereocenters. The molecule has 3 rings (SSSR count). The van der Waals surface area contributed by atoms with Gasteiger partial charge in [0.15, 0.2) is 0 Å². The lowest BCUT2D eigenvalue weighted by atomic mass is 9.88. The van der Waals surface area contributed by atoms with Crippen LogP contribution in [0.4, 0.5) is 0 Å². The van der Waals surface area contributed by atoms with Crippen LogP contribution in [-0.4, -0.2) is 39.0 Å². The highest BCUT2D eigenvalue weighted by Gasteiger charge is 2.55. The van der Waals surface area contributed by atoms with E-state index in [-0.39, 0.29) is 19.6 Å². The molecule has 30 heavy (non-hydrogen) atoms. The van der Waals surface area contributed by atoms with E-state index in [1.807, 2.05) is 37.3 Å². The maximum absolute atomic E-state index is 12.5. The number of nitrogens with one attached hydrogen (secondary N) is 1. The van der Waals surface area contributed by atoms with E-state index in [2.05, 4.69) is 15.0 Å². The number of H-pyrrole nitrogens is 1. The molecule has 1 aliphatic heterocycles. The van der Waals surface area contributed by atoms with Gasteiger partial charge in [-0.25, -0.2) is 4.79 Å². The van der Waals surface area contributed by atoms with Crippen molar-refractivity contribution in [3.05, 3.63) is 78.9 Å². The molecule has 2 heterocycles. The SMILES string of the molecule is CC[C@@]1(CCO)O[C@@H](n2cc(C)c(=O)[nH]c2=O)[C@@H](N=[N+]=[N-])C1OCc1ccccc1. The number of aliphatic hydroxyl groups is 1. The van der Waals surface area contributed by atoms with E-state index in [1.165, 1.54) is 10.8 Å². The molecule has 0 radical (unpaired) electrons. The Hall–Kier alpha value is -2.91. The van der Waals surface area contributed by atoms with Crippen molar-refractivity contribution in [3.63, 3.8) is 0 Å². The summed E-state index contributed by atoms with van der Waals surface area (Å²) < 4.78 is 13.6. The summed E-state index contributed by atoms with van der Waals surface area (Å²) in [6.07, 6.45) is 0.364. The van der Waals surface area contributed by atoms with Gasteiger partial charge in [-0.3, -0.25) is 14.3 Å². The van der Waals surface area contributed by atoms with Crippen LogP contribution in [0.2, 0.25) is 0 Å². The normalized spacial score (nSPS) is 25.8. The number of nitrogens with zero attached hydrogens (tertiary/aromatic N) is 4. The fraction of sp³-hybridized carbons (Fsp3) is 0.500. The Kier molecular flexibility index (Phi) is 6.73. The van der Waals surface area contributed by atoms with Gasteiger partial charge >= 0.3 is 5.69 Å². The van der Waals surface area contributed by atoms with Crippen molar-refractivity contribution >= 4 is 0 Å². The van der Waals surface area contributed by atoms with Crippen LogP contribution in [-0.2, 0) is 16.1 Å². The highest BCUT2D eigenvalue weighted by molar-refractivity contribution is 5.14. The number of azide groups is 1. The van der Waals surface area contributed by atoms with Crippen LogP contribution in [0.5, 0.6) is 0 Å². The van der Waals surface area contributed by atoms with Crippen LogP contribution in [0, 0.1) is 6.92 Å². The molecule has 1 aliphatic rings. The smallest absolute Gasteiger partial charge is 0.330 e. The van der Waals surface area contributed by atoms with E-state index in [0.717, 1.165) is 5.56 Å². The van der Waals surface area contributed by atoms with Gasteiger partial charge in [-0.15, -0.1) is 0 Å². The lowest BCUT2D eigenvalue weighted by Gasteiger charge is -2.33. The summed E-state index contributed by atoms with van der Waals surface area (Å²) in [4.78, 5) is 29.4. The third-order valence-corrected chi connectivity index (χ3v) is 5.49. The van der Waals surface area contributed by atoms with E-state index < -0.39 is 35.2 Å². The number of aryl methyl sites for hydroxylation is 1. The van der Waals surface area contributed by atoms with Gasteiger partial charge in [-0.2, -0.15) is 0 Å². The molecule has 2 N–H and O–H groups in total. The summed E-state index contributed by atoms with van der Waals surface area (Å²) in [5, 5.41) is 13.6. The molecule has 2 aromatic rings. The molecule has 160 valence electrons. The summed E-state index contributed by atoms with van der Waals surface area (Å²) >= 11 is 0. The molecular formula is C20H25N5O5. The van der Waals surface area contributed by atoms with Gasteiger partial charge in [0.05, 0.1) is 18.3 Å². The minimum Gasteiger partial charge on any atom is -0.396 e. The van der Waals surface area contributed by atoms with Gasteiger partial charge < -0.3 is 14.6 Å². The monoisotopic (exact) mass is 415 g/mol. The number of hydrogen-bond acceptors (Lipinski definition) is 6. The van der Waals surface area contributed by atoms with Crippen molar-refractivity contribution in [1.82, 2.24) is 9.55 Å². The van der Waals surface area contributed by atoms with Crippen LogP contribution in [0.15, 0.2) is 51.2 Å². The molecule has 0 saturated carbocycles. The molecule has 1 aromatic carbocycles. The van der Waals surface area contributed by atoms with Gasteiger partial charge in [-0.05, 0) is 24.4 Å². The van der Waals surface area contributed by atoms with E-state index in [0.29, 0.717) is 12.0 Å². The van der Waals surface area contributed by atoms with Gasteiger partial charge in [0.1, 0.15) is 12.3 Å². The molecule has 0 bridgehead atoms. The number of benzene rings is 1. The number of aromatic nitrogens is 2. The van der Waals surface area contributed by atoms with Crippen LogP contribution < -0.4 is 11.2 Å². The van der Waals surface area contributed by atoms with Crippen molar-refractivity contribution in [2.75, 3.05) is 6.61 Å². The third-order valence-electron chi connectivity index (χ3n) is 5.49. The molecule has 0 amide bonds. The van der Waals surface area contributed by atoms with Crippen molar-refractivity contribution in [2.45, 2.75) is 57.3 Å². The summed E-state index contributed by atoms with van der Waals surface area (Å²) in [5.74, 6) is 0. The number of ether oxygens (including phenoxy) is 2. The fourth-order valence-corrected chi connectivity index (χ4v) is 3.87. The zero-order chi connectivity index (χ0) is 21.7. The second kappa shape index (κ2) is 9.27. The first-order chi connectivity index (χ1) is 14.5. The quantitative estimate of drug-likeness (QED) is 0.386. The van der Waals surface area contributed by atoms with Crippen LogP contribution >= 0.6 is 0 Å². The van der Waals surface area contributed by atoms with Gasteiger partial charge in [0.2, 0.25) is 0 Å². The maximum Gasteiger partial charge on any atom is 0.330 e. The Labute approximate surface area is 172 Å². The Morgan fingerprint density at radius 2 is 2.10 bits per heavy atom. The molecule has 0 aliphatic carbocycles. The summed E-state index contributed by atoms with van der Waals surface area (Å²) in [6, 6.07) is 8.61. The summed E-state index contributed by atoms with van der Waals surface area (Å²) in [5.41, 5.74) is 8.28. The van der Waals surface area contributed by atoms with Crippen molar-refractivity contribution in [1.29, 1.82) is 0 Å². The first-order valence-corrected chi connectivity index (χ1v) is 9.76. The number of aromatic amines is 1. The minimum atomic E-state index is -0.990. The lowest BCUT2D eigenvalue weighted by Crippen LogP contribution is -2.44. The van der Waals surface area contributed by atoms with E-state index in [4.69, 9.17) is 9.47 Å². The average Bonchev–Trinajstić information content (AvgIpc) is 3.04. The van der Waals surface area contributed by atoms with E-state index in [1.54, 1.807) is 6.92 Å². The minimum absolute atomic E-state index is 0.172. The van der Waals surface area contributed by atoms with Crippen LogP contribution in [0.25, 0.3) is 10.4 Å². The van der Waals surface area contributed by atoms with Crippen molar-refractivity contribution in [2.24, 2.45) is 5.11 Å². The summed E-state index contributed by atoms with van der Waals surface area (Å²) in [6.45, 7) is 3.52. The Balaban J connectivity index is 2.04. The van der Waals surface area contributed by atoms with Gasteiger partial charge in [-0.1, -0.05) is 42.4 Å². The van der Waals surface area contributed by atoms with Crippen molar-refractivity contribution in [3.8, 4) is 0 Å². The zero-order valence-corrected chi connectivity index (χ0v) is 16.9. The largest absolute Gasteiger partial charge is 0.396 e. The summed E-state index contributed by atoms with van der Waals surface area (Å²) in [7, 11) is 0. The van der Waals surface area contributed by atoms with Crippen LogP contribution in [0.3, 0.4) is 0 Å². The number of aliphatic hydroxyl groups excluding tert-OH is 1. The number of hydrogen-bond donors (Lipinski definition) is 2. The predicted octanol–water partition coefficient (Wildman–Crippen LogP) is 2.17. The molecule has 10 nitrogen and oxygen atoms in total. The second-order valence-corrected chi connectivity index (χ2v) is 7.29. The van der Waals surface area contributed by atoms with Gasteiger partial charge in [0, 0.05) is 29.7 Å². The lowest BCUT2D eigenvalue weighted by molar-refractivity contribution is -0.132. The molecule has 10 heteroatoms. The van der Waals surface area contributed by atoms with Crippen molar-refractivity contribution < 1.29 is 14.6 Å². The Morgan fingerprint density at radius 3 is 2.73 bits per heavy atom. The van der Waals surface area contributed by atoms with Crippen LogP contribution in [0.1, 0.15) is 37.1 Å². The highest BCUT2D eigenvalue weighted by atomic mass is 16.6. The second-order valence-electron chi connectivity index (χ2n) is 7.29. The Bertz CT molecular complexity index is 1030. The zero-order valence-electron chi connectivity index (χ0n) is 16.9. The van der Waals surface area contributed by atoms with Gasteiger partial charge in [0.25, 0.3) is 5.56 Å². The first kappa shape index (κ1) is 21.8. The predicted molar refractivity (Wildman–Crippen MR) is 109 cm³/mol. The number of rotatable bonds is 8.